The molecule has 8 atom stereocenters. The molecule has 0 radical (unpaired) electrons. The SMILES string of the molecule is C.C.C.C.C.C.C.C.CCOC(=O)CC(Cc1ccccc1)C(=O)NC(CCC(N)=O)C(=O)CF.CCOC(=O)CC(Cc1ccccc1)C(=O)NC(CCC(N)=O)C(O)CF.CCOC(=O)CC(Cc1ccccc1)C(=O)O.NC(=O)CCC(N)C(O)CF. The van der Waals surface area contributed by atoms with Crippen LogP contribution in [0.1, 0.15) is 155 Å². The Morgan fingerprint density at radius 2 is 0.778 bits per heavy atom. The number of rotatable bonds is 35. The maximum atomic E-state index is 12.9. The van der Waals surface area contributed by atoms with Crippen LogP contribution in [-0.2, 0) is 81.4 Å². The van der Waals surface area contributed by atoms with Gasteiger partial charge in [0.05, 0.1) is 75.0 Å². The number of carboxylic acids is 1. The fraction of sp³-hybridized carbons (Fsp3) is 0.569. The normalized spacial score (nSPS) is 12.2. The molecule has 0 aliphatic carbocycles. The number of benzene rings is 3. The average Bonchev–Trinajstić information content (AvgIpc) is 3.48. The van der Waals surface area contributed by atoms with Gasteiger partial charge < -0.3 is 63.1 Å². The molecule has 0 saturated carbocycles. The van der Waals surface area contributed by atoms with E-state index in [1.165, 1.54) is 0 Å². The number of ketones is 1. The third-order valence-electron chi connectivity index (χ3n) is 11.8. The van der Waals surface area contributed by atoms with E-state index in [9.17, 15) is 66.2 Å². The number of carbonyl (C=O) groups is 10. The number of amides is 5. The summed E-state index contributed by atoms with van der Waals surface area (Å²) in [5.74, 6) is -8.49. The smallest absolute Gasteiger partial charge is 0.307 e. The lowest BCUT2D eigenvalue weighted by atomic mass is 9.94. The van der Waals surface area contributed by atoms with Gasteiger partial charge in [-0.25, -0.2) is 13.2 Å². The van der Waals surface area contributed by atoms with Crippen LogP contribution in [0.15, 0.2) is 91.0 Å². The number of nitrogens with one attached hydrogen (secondary N) is 2. The minimum absolute atomic E-state index is 0. The summed E-state index contributed by atoms with van der Waals surface area (Å²) in [5.41, 5.74) is 22.8. The predicted octanol–water partition coefficient (Wildman–Crippen LogP) is 7.85. The summed E-state index contributed by atoms with van der Waals surface area (Å²) in [5, 5.41) is 32.6. The number of aliphatic hydroxyl groups is 2. The molecule has 8 unspecified atom stereocenters. The number of carboxylic acid groups (broad SMARTS) is 1. The van der Waals surface area contributed by atoms with Gasteiger partial charge in [0.2, 0.25) is 29.5 Å². The Bertz CT molecular complexity index is 2380. The standard InChI is InChI=1S/C19H27FN2O5.C19H25FN2O5.C13H16O4.C6H13FN2O2.8CH4/c2*1-2-27-18(25)11-14(10-13-6-4-3-5-7-13)19(26)22-15(16(23)12-20)8-9-17(21)24;1-2-17-12(14)9-11(13(15)16)8-10-6-4-3-5-7-10;7-3-5(10)4(8)1-2-6(9)11;;;;;;;;/h3-7,14-16,23H,2,8-12H2,1H3,(H2,21,24)(H,22,26);3-7,14-15H,2,8-12H2,1H3,(H2,21,24)(H,22,26);3-7,11H,2,8-9H2,1H3,(H,15,16);4-5,10H,1-3,8H2,(H2,9,11);8*1H4. The molecule has 0 aliphatic rings. The van der Waals surface area contributed by atoms with Crippen LogP contribution < -0.4 is 33.6 Å². The first kappa shape index (κ1) is 101. The summed E-state index contributed by atoms with van der Waals surface area (Å²) in [6.07, 6.45) is -2.26. The molecule has 90 heavy (non-hydrogen) atoms. The molecular formula is C65H113F3N6O16. The zero-order chi connectivity index (χ0) is 62.0. The average molecular weight is 1290 g/mol. The third-order valence-corrected chi connectivity index (χ3v) is 11.8. The zero-order valence-electron chi connectivity index (χ0n) is 46.6. The fourth-order valence-electron chi connectivity index (χ4n) is 7.39. The number of aliphatic hydroxyl groups excluding tert-OH is 2. The molecule has 0 saturated heterocycles. The van der Waals surface area contributed by atoms with Crippen LogP contribution in [0.25, 0.3) is 0 Å². The number of carbonyl (C=O) groups excluding carboxylic acids is 9. The molecule has 3 aromatic rings. The van der Waals surface area contributed by atoms with Gasteiger partial charge in [-0.3, -0.25) is 47.9 Å². The van der Waals surface area contributed by atoms with Gasteiger partial charge in [-0.15, -0.1) is 0 Å². The molecule has 3 rings (SSSR count). The number of primary amides is 3. The highest BCUT2D eigenvalue weighted by atomic mass is 19.1. The number of nitrogens with two attached hydrogens (primary N) is 4. The lowest BCUT2D eigenvalue weighted by Crippen LogP contribution is -2.47. The van der Waals surface area contributed by atoms with Crippen molar-refractivity contribution in [3.05, 3.63) is 108 Å². The summed E-state index contributed by atoms with van der Waals surface area (Å²) in [6.45, 7) is 2.43. The molecule has 0 fully saturated rings. The second-order valence-electron chi connectivity index (χ2n) is 18.4. The van der Waals surface area contributed by atoms with Crippen molar-refractivity contribution in [2.75, 3.05) is 39.8 Å². The Morgan fingerprint density at radius 1 is 0.467 bits per heavy atom. The number of ether oxygens (including phenoxy) is 3. The topological polar surface area (TPSA) is 387 Å². The first-order valence-electron chi connectivity index (χ1n) is 26.5. The second-order valence-corrected chi connectivity index (χ2v) is 18.4. The third kappa shape index (κ3) is 48.2. The number of halogens is 3. The van der Waals surface area contributed by atoms with E-state index in [4.69, 9.17) is 47.4 Å². The minimum atomic E-state index is -1.46. The van der Waals surface area contributed by atoms with Crippen LogP contribution >= 0.6 is 0 Å². The molecular weight excluding hydrogens is 1180 g/mol. The van der Waals surface area contributed by atoms with Crippen LogP contribution in [0, 0.1) is 17.8 Å². The van der Waals surface area contributed by atoms with Crippen molar-refractivity contribution >= 4 is 59.2 Å². The number of aliphatic carboxylic acids is 1. The molecule has 0 bridgehead atoms. The van der Waals surface area contributed by atoms with Crippen molar-refractivity contribution in [1.29, 1.82) is 0 Å². The molecule has 0 heterocycles. The van der Waals surface area contributed by atoms with Gasteiger partial charge in [0, 0.05) is 25.3 Å². The molecule has 0 spiro atoms. The van der Waals surface area contributed by atoms with Crippen molar-refractivity contribution < 1.29 is 90.6 Å². The van der Waals surface area contributed by atoms with Crippen molar-refractivity contribution in [3.8, 4) is 0 Å². The molecule has 25 heteroatoms. The van der Waals surface area contributed by atoms with Crippen LogP contribution in [0.3, 0.4) is 0 Å². The van der Waals surface area contributed by atoms with Crippen LogP contribution in [0.4, 0.5) is 13.2 Å². The molecule has 22 nitrogen and oxygen atoms in total. The van der Waals surface area contributed by atoms with Gasteiger partial charge in [0.15, 0.2) is 5.78 Å². The van der Waals surface area contributed by atoms with E-state index < -0.39 is 127 Å². The maximum absolute atomic E-state index is 12.9. The van der Waals surface area contributed by atoms with Crippen LogP contribution in [-0.4, -0.2) is 145 Å². The van der Waals surface area contributed by atoms with Crippen molar-refractivity contribution in [1.82, 2.24) is 10.6 Å². The van der Waals surface area contributed by atoms with E-state index in [0.717, 1.165) is 16.7 Å². The molecule has 5 amide bonds. The van der Waals surface area contributed by atoms with Crippen LogP contribution in [0.2, 0.25) is 0 Å². The highest BCUT2D eigenvalue weighted by Crippen LogP contribution is 2.18. The molecule has 0 aliphatic heterocycles. The number of Topliss-reactive ketones (excluding diaryl/α,β-unsaturated/α-hetero) is 1. The number of hydrogen-bond donors (Lipinski definition) is 9. The van der Waals surface area contributed by atoms with E-state index in [-0.39, 0.29) is 150 Å². The van der Waals surface area contributed by atoms with E-state index in [0.29, 0.717) is 6.42 Å². The fourth-order valence-corrected chi connectivity index (χ4v) is 7.39. The maximum Gasteiger partial charge on any atom is 0.307 e. The number of esters is 3. The van der Waals surface area contributed by atoms with E-state index >= 15 is 0 Å². The van der Waals surface area contributed by atoms with Gasteiger partial charge in [-0.2, -0.15) is 0 Å². The summed E-state index contributed by atoms with van der Waals surface area (Å²) < 4.78 is 52.0. The van der Waals surface area contributed by atoms with Crippen molar-refractivity contribution in [3.63, 3.8) is 0 Å². The lowest BCUT2D eigenvalue weighted by molar-refractivity contribution is -0.151. The van der Waals surface area contributed by atoms with E-state index in [2.05, 4.69) is 10.6 Å². The van der Waals surface area contributed by atoms with Crippen molar-refractivity contribution in [2.45, 2.75) is 188 Å². The highest BCUT2D eigenvalue weighted by molar-refractivity contribution is 5.92. The molecule has 13 N–H and O–H groups in total. The van der Waals surface area contributed by atoms with Gasteiger partial charge in [0.25, 0.3) is 0 Å². The zero-order valence-corrected chi connectivity index (χ0v) is 46.6. The van der Waals surface area contributed by atoms with E-state index in [1.807, 2.05) is 78.9 Å². The molecule has 3 aromatic carbocycles. The first-order valence-corrected chi connectivity index (χ1v) is 26.5. The molecule has 520 valence electrons. The summed E-state index contributed by atoms with van der Waals surface area (Å²) in [4.78, 5) is 115. The molecule has 0 aromatic heterocycles. The van der Waals surface area contributed by atoms with Gasteiger partial charge in [0.1, 0.15) is 26.1 Å². The Morgan fingerprint density at radius 3 is 1.09 bits per heavy atom. The summed E-state index contributed by atoms with van der Waals surface area (Å²) in [6, 6.07) is 24.6. The number of alkyl halides is 3. The highest BCUT2D eigenvalue weighted by Gasteiger charge is 2.30. The Hall–Kier alpha value is -7.77. The van der Waals surface area contributed by atoms with Gasteiger partial charge >= 0.3 is 23.9 Å². The first-order chi connectivity index (χ1) is 38.9. The van der Waals surface area contributed by atoms with Gasteiger partial charge in [-0.05, 0) is 76.0 Å². The van der Waals surface area contributed by atoms with E-state index in [1.54, 1.807) is 32.9 Å². The Labute approximate surface area is 534 Å². The monoisotopic (exact) mass is 1290 g/mol. The Balaban J connectivity index is -0.000000141. The number of hydrogen-bond acceptors (Lipinski definition) is 16. The van der Waals surface area contributed by atoms with Crippen molar-refractivity contribution in [2.24, 2.45) is 40.7 Å². The lowest BCUT2D eigenvalue weighted by Gasteiger charge is -2.25. The quantitative estimate of drug-likeness (QED) is 0.0200. The minimum Gasteiger partial charge on any atom is -0.481 e. The van der Waals surface area contributed by atoms with Gasteiger partial charge in [-0.1, -0.05) is 150 Å². The summed E-state index contributed by atoms with van der Waals surface area (Å²) in [7, 11) is 0. The summed E-state index contributed by atoms with van der Waals surface area (Å²) >= 11 is 0. The van der Waals surface area contributed by atoms with Crippen LogP contribution in [0.5, 0.6) is 0 Å². The second kappa shape index (κ2) is 60.2. The Kier molecular flexibility index (Phi) is 67.6. The predicted molar refractivity (Wildman–Crippen MR) is 348 cm³/mol. The largest absolute Gasteiger partial charge is 0.481 e.